The predicted molar refractivity (Wildman–Crippen MR) is 70.8 cm³/mol. The lowest BCUT2D eigenvalue weighted by Gasteiger charge is -1.98. The molecule has 0 saturated heterocycles. The van der Waals surface area contributed by atoms with Crippen LogP contribution in [0, 0.1) is 18.8 Å². The van der Waals surface area contributed by atoms with Crippen molar-refractivity contribution >= 4 is 28.5 Å². The molecule has 0 fully saturated rings. The van der Waals surface area contributed by atoms with Crippen LogP contribution < -0.4 is 0 Å². The zero-order chi connectivity index (χ0) is 12.0. The number of carbonyl (C=O) groups excluding carboxylic acids is 1. The van der Waals surface area contributed by atoms with E-state index in [1.54, 1.807) is 6.92 Å². The Hall–Kier alpha value is -0.910. The van der Waals surface area contributed by atoms with Crippen molar-refractivity contribution in [3.63, 3.8) is 0 Å². The number of aryl methyl sites for hydroxylation is 1. The summed E-state index contributed by atoms with van der Waals surface area (Å²) in [5.41, 5.74) is 1.89. The third-order valence-electron chi connectivity index (χ3n) is 1.95. The molecule has 1 aromatic rings. The number of rotatable bonds is 2. The fraction of sp³-hybridized carbons (Fsp3) is 0.308. The zero-order valence-electron chi connectivity index (χ0n) is 9.34. The van der Waals surface area contributed by atoms with Gasteiger partial charge in [-0.1, -0.05) is 47.3 Å². The molecule has 0 saturated carbocycles. The molecule has 0 spiro atoms. The van der Waals surface area contributed by atoms with Gasteiger partial charge in [0.05, 0.1) is 5.02 Å². The Kier molecular flexibility index (Phi) is 5.45. The molecule has 0 aliphatic rings. The summed E-state index contributed by atoms with van der Waals surface area (Å²) in [7, 11) is 0. The van der Waals surface area contributed by atoms with Gasteiger partial charge < -0.3 is 0 Å². The summed E-state index contributed by atoms with van der Waals surface area (Å²) in [5, 5.41) is 0.851. The molecular weight excluding hydrogens is 240 g/mol. The molecule has 0 radical (unpaired) electrons. The van der Waals surface area contributed by atoms with Gasteiger partial charge in [0.2, 0.25) is 0 Å². The van der Waals surface area contributed by atoms with Gasteiger partial charge in [-0.25, -0.2) is 0 Å². The van der Waals surface area contributed by atoms with E-state index < -0.39 is 0 Å². The predicted octanol–water partition coefficient (Wildman–Crippen LogP) is 3.67. The van der Waals surface area contributed by atoms with E-state index in [4.69, 9.17) is 11.6 Å². The number of halogens is 1. The van der Waals surface area contributed by atoms with Crippen molar-refractivity contribution in [3.8, 4) is 11.8 Å². The Morgan fingerprint density at radius 2 is 2.25 bits per heavy atom. The highest BCUT2D eigenvalue weighted by atomic mass is 35.5. The van der Waals surface area contributed by atoms with Crippen LogP contribution in [0.25, 0.3) is 0 Å². The van der Waals surface area contributed by atoms with Crippen molar-refractivity contribution in [1.82, 2.24) is 0 Å². The molecule has 0 aliphatic heterocycles. The number of hydrogen-bond donors (Lipinski definition) is 0. The van der Waals surface area contributed by atoms with Crippen molar-refractivity contribution in [2.24, 2.45) is 0 Å². The molecule has 16 heavy (non-hydrogen) atoms. The van der Waals surface area contributed by atoms with Gasteiger partial charge in [0, 0.05) is 24.7 Å². The summed E-state index contributed by atoms with van der Waals surface area (Å²) in [6, 6.07) is 5.80. The molecule has 1 aromatic carbocycles. The fourth-order valence-electron chi connectivity index (χ4n) is 1.15. The van der Waals surface area contributed by atoms with Gasteiger partial charge in [0.15, 0.2) is 5.12 Å². The van der Waals surface area contributed by atoms with Crippen molar-refractivity contribution in [2.45, 2.75) is 20.3 Å². The van der Waals surface area contributed by atoms with E-state index in [1.165, 1.54) is 11.8 Å². The summed E-state index contributed by atoms with van der Waals surface area (Å²) in [4.78, 5) is 10.7. The topological polar surface area (TPSA) is 17.1 Å². The molecule has 0 unspecified atom stereocenters. The molecule has 0 bridgehead atoms. The highest BCUT2D eigenvalue weighted by Gasteiger charge is 1.98. The largest absolute Gasteiger partial charge is 0.288 e. The average Bonchev–Trinajstić information content (AvgIpc) is 2.23. The molecule has 0 amide bonds. The molecule has 0 aromatic heterocycles. The maximum Gasteiger partial charge on any atom is 0.185 e. The van der Waals surface area contributed by atoms with Crippen LogP contribution in [0.5, 0.6) is 0 Å². The lowest BCUT2D eigenvalue weighted by Crippen LogP contribution is -1.85. The molecule has 1 rings (SSSR count). The first-order valence-electron chi connectivity index (χ1n) is 4.98. The highest BCUT2D eigenvalue weighted by Crippen LogP contribution is 2.19. The van der Waals surface area contributed by atoms with Crippen LogP contribution in [0.4, 0.5) is 0 Å². The van der Waals surface area contributed by atoms with Crippen molar-refractivity contribution < 1.29 is 4.79 Å². The second-order valence-corrected chi connectivity index (χ2v) is 4.98. The van der Waals surface area contributed by atoms with E-state index in [-0.39, 0.29) is 5.12 Å². The molecule has 1 nitrogen and oxygen atoms in total. The third kappa shape index (κ3) is 4.30. The highest BCUT2D eigenvalue weighted by molar-refractivity contribution is 8.13. The van der Waals surface area contributed by atoms with Gasteiger partial charge in [-0.3, -0.25) is 4.79 Å². The maximum absolute atomic E-state index is 10.7. The molecule has 0 heterocycles. The Balaban J connectivity index is 2.56. The summed E-state index contributed by atoms with van der Waals surface area (Å²) >= 11 is 7.39. The van der Waals surface area contributed by atoms with Crippen LogP contribution in [0.2, 0.25) is 5.02 Å². The zero-order valence-corrected chi connectivity index (χ0v) is 10.9. The molecule has 3 heteroatoms. The first-order chi connectivity index (χ1) is 7.61. The van der Waals surface area contributed by atoms with Gasteiger partial charge in [-0.15, -0.1) is 0 Å². The molecule has 0 aliphatic carbocycles. The van der Waals surface area contributed by atoms with Gasteiger partial charge in [-0.2, -0.15) is 0 Å². The maximum atomic E-state index is 10.7. The third-order valence-corrected chi connectivity index (χ3v) is 3.26. The average molecular weight is 253 g/mol. The van der Waals surface area contributed by atoms with Crippen LogP contribution in [0.3, 0.4) is 0 Å². The second kappa shape index (κ2) is 6.62. The van der Waals surface area contributed by atoms with E-state index >= 15 is 0 Å². The van der Waals surface area contributed by atoms with Crippen LogP contribution in [-0.2, 0) is 4.79 Å². The van der Waals surface area contributed by atoms with E-state index in [2.05, 4.69) is 11.8 Å². The number of thioether (sulfide) groups is 1. The van der Waals surface area contributed by atoms with Crippen LogP contribution >= 0.6 is 23.4 Å². The summed E-state index contributed by atoms with van der Waals surface area (Å²) in [5.74, 6) is 6.78. The summed E-state index contributed by atoms with van der Waals surface area (Å²) < 4.78 is 0. The normalized spacial score (nSPS) is 9.44. The number of carbonyl (C=O) groups is 1. The number of hydrogen-bond acceptors (Lipinski definition) is 2. The smallest absolute Gasteiger partial charge is 0.185 e. The Morgan fingerprint density at radius 3 is 2.94 bits per heavy atom. The van der Waals surface area contributed by atoms with Crippen molar-refractivity contribution in [2.75, 3.05) is 5.75 Å². The summed E-state index contributed by atoms with van der Waals surface area (Å²) in [6.45, 7) is 3.52. The Labute approximate surface area is 106 Å². The molecule has 84 valence electrons. The van der Waals surface area contributed by atoms with Crippen LogP contribution in [-0.4, -0.2) is 10.9 Å². The first kappa shape index (κ1) is 13.2. The Morgan fingerprint density at radius 1 is 1.50 bits per heavy atom. The van der Waals surface area contributed by atoms with E-state index in [0.717, 1.165) is 16.9 Å². The standard InChI is InChI=1S/C13H13ClOS/c1-10-6-5-8-12(13(10)14)7-3-4-9-16-11(2)15/h5-6,8H,4,9H2,1-2H3. The van der Waals surface area contributed by atoms with Gasteiger partial charge in [0.1, 0.15) is 0 Å². The van der Waals surface area contributed by atoms with E-state index in [9.17, 15) is 4.79 Å². The first-order valence-corrected chi connectivity index (χ1v) is 6.35. The summed E-state index contributed by atoms with van der Waals surface area (Å²) in [6.07, 6.45) is 0.703. The van der Waals surface area contributed by atoms with Crippen LogP contribution in [0.15, 0.2) is 18.2 Å². The minimum absolute atomic E-state index is 0.135. The lowest BCUT2D eigenvalue weighted by molar-refractivity contribution is -0.109. The van der Waals surface area contributed by atoms with Gasteiger partial charge >= 0.3 is 0 Å². The van der Waals surface area contributed by atoms with Gasteiger partial charge in [0.25, 0.3) is 0 Å². The Bertz CT molecular complexity index is 443. The van der Waals surface area contributed by atoms with Gasteiger partial charge in [-0.05, 0) is 18.6 Å². The fourth-order valence-corrected chi connectivity index (χ4v) is 1.81. The van der Waals surface area contributed by atoms with Crippen molar-refractivity contribution in [3.05, 3.63) is 34.3 Å². The van der Waals surface area contributed by atoms with E-state index in [1.807, 2.05) is 25.1 Å². The molecule has 0 N–H and O–H groups in total. The second-order valence-electron chi connectivity index (χ2n) is 3.33. The minimum atomic E-state index is 0.135. The lowest BCUT2D eigenvalue weighted by atomic mass is 10.1. The van der Waals surface area contributed by atoms with Crippen molar-refractivity contribution in [1.29, 1.82) is 0 Å². The SMILES string of the molecule is CC(=O)SCCC#Cc1cccc(C)c1Cl. The molecule has 0 atom stereocenters. The molecular formula is C13H13ClOS. The van der Waals surface area contributed by atoms with Crippen LogP contribution in [0.1, 0.15) is 24.5 Å². The minimum Gasteiger partial charge on any atom is -0.288 e. The monoisotopic (exact) mass is 252 g/mol. The quantitative estimate of drug-likeness (QED) is 0.590. The number of benzene rings is 1. The van der Waals surface area contributed by atoms with E-state index in [0.29, 0.717) is 11.4 Å².